The maximum absolute atomic E-state index is 2.69. The van der Waals surface area contributed by atoms with Crippen molar-refractivity contribution in [2.24, 2.45) is 11.8 Å². The van der Waals surface area contributed by atoms with E-state index in [-0.39, 0.29) is 0 Å². The van der Waals surface area contributed by atoms with Gasteiger partial charge in [-0.3, -0.25) is 4.90 Å². The minimum atomic E-state index is 1.03. The Kier molecular flexibility index (Phi) is 0.984. The SMILES string of the molecule is C1C[C@H]2CN3CC[C@@H]3C[C@@H]12. The fourth-order valence-electron chi connectivity index (χ4n) is 2.84. The Balaban J connectivity index is 1.74. The molecule has 10 heavy (non-hydrogen) atoms. The van der Waals surface area contributed by atoms with E-state index in [0.717, 1.165) is 17.9 Å². The summed E-state index contributed by atoms with van der Waals surface area (Å²) in [4.78, 5) is 2.69. The molecule has 1 saturated carbocycles. The number of hydrogen-bond donors (Lipinski definition) is 0. The van der Waals surface area contributed by atoms with Crippen molar-refractivity contribution in [1.82, 2.24) is 4.90 Å². The van der Waals surface area contributed by atoms with Crippen LogP contribution in [0.25, 0.3) is 0 Å². The topological polar surface area (TPSA) is 3.24 Å². The number of fused-ring (bicyclic) bond motifs is 2. The molecular weight excluding hydrogens is 122 g/mol. The molecule has 0 spiro atoms. The number of nitrogens with zero attached hydrogens (tertiary/aromatic N) is 1. The zero-order valence-electron chi connectivity index (χ0n) is 6.42. The van der Waals surface area contributed by atoms with Crippen molar-refractivity contribution in [3.05, 3.63) is 0 Å². The van der Waals surface area contributed by atoms with E-state index in [0.29, 0.717) is 0 Å². The third-order valence-corrected chi connectivity index (χ3v) is 3.88. The zero-order chi connectivity index (χ0) is 6.55. The summed E-state index contributed by atoms with van der Waals surface area (Å²) >= 11 is 0. The Labute approximate surface area is 62.4 Å². The van der Waals surface area contributed by atoms with Gasteiger partial charge >= 0.3 is 0 Å². The highest BCUT2D eigenvalue weighted by Gasteiger charge is 2.43. The van der Waals surface area contributed by atoms with Crippen molar-refractivity contribution in [3.63, 3.8) is 0 Å². The second kappa shape index (κ2) is 1.76. The first-order chi connectivity index (χ1) is 4.93. The van der Waals surface area contributed by atoms with Gasteiger partial charge in [0.1, 0.15) is 0 Å². The normalized spacial score (nSPS) is 52.2. The van der Waals surface area contributed by atoms with Gasteiger partial charge in [-0.15, -0.1) is 0 Å². The molecule has 0 aromatic heterocycles. The molecule has 1 aliphatic carbocycles. The van der Waals surface area contributed by atoms with Crippen LogP contribution in [0.3, 0.4) is 0 Å². The molecule has 2 heterocycles. The van der Waals surface area contributed by atoms with Crippen LogP contribution in [0.4, 0.5) is 0 Å². The second-order valence-corrected chi connectivity index (χ2v) is 4.27. The molecule has 3 aliphatic rings. The lowest BCUT2D eigenvalue weighted by atomic mass is 9.65. The van der Waals surface area contributed by atoms with Gasteiger partial charge in [0.25, 0.3) is 0 Å². The van der Waals surface area contributed by atoms with Crippen molar-refractivity contribution in [3.8, 4) is 0 Å². The molecule has 2 aliphatic heterocycles. The Bertz CT molecular complexity index is 121. The molecule has 0 aromatic carbocycles. The summed E-state index contributed by atoms with van der Waals surface area (Å²) in [6.45, 7) is 2.86. The van der Waals surface area contributed by atoms with Gasteiger partial charge in [-0.25, -0.2) is 0 Å². The first-order valence-corrected chi connectivity index (χ1v) is 4.67. The van der Waals surface area contributed by atoms with Gasteiger partial charge < -0.3 is 0 Å². The average Bonchev–Trinajstić information content (AvgIpc) is 1.82. The van der Waals surface area contributed by atoms with Crippen LogP contribution in [0.1, 0.15) is 25.7 Å². The summed E-state index contributed by atoms with van der Waals surface area (Å²) in [5.74, 6) is 2.28. The monoisotopic (exact) mass is 137 g/mol. The molecule has 56 valence electrons. The Morgan fingerprint density at radius 3 is 2.40 bits per heavy atom. The lowest BCUT2D eigenvalue weighted by Crippen LogP contribution is -2.57. The number of piperidine rings is 1. The Morgan fingerprint density at radius 2 is 1.90 bits per heavy atom. The maximum atomic E-state index is 2.69. The first kappa shape index (κ1) is 5.59. The standard InChI is InChI=1S/C9H15N/c1-2-8-6-10-4-3-9(10)5-7(1)8/h7-9H,1-6H2/t7-,8+,9-/m1/s1. The van der Waals surface area contributed by atoms with E-state index in [9.17, 15) is 0 Å². The second-order valence-electron chi connectivity index (χ2n) is 4.27. The van der Waals surface area contributed by atoms with E-state index in [4.69, 9.17) is 0 Å². The van der Waals surface area contributed by atoms with Crippen LogP contribution in [0.15, 0.2) is 0 Å². The number of rotatable bonds is 0. The van der Waals surface area contributed by atoms with Crippen LogP contribution >= 0.6 is 0 Å². The highest BCUT2D eigenvalue weighted by Crippen LogP contribution is 2.45. The number of hydrogen-bond acceptors (Lipinski definition) is 1. The van der Waals surface area contributed by atoms with Gasteiger partial charge in [0, 0.05) is 12.6 Å². The molecule has 0 bridgehead atoms. The zero-order valence-corrected chi connectivity index (χ0v) is 6.42. The van der Waals surface area contributed by atoms with Crippen molar-refractivity contribution in [2.75, 3.05) is 13.1 Å². The van der Waals surface area contributed by atoms with Crippen molar-refractivity contribution in [2.45, 2.75) is 31.7 Å². The summed E-state index contributed by atoms with van der Waals surface area (Å²) in [6.07, 6.45) is 6.14. The molecule has 0 aromatic rings. The van der Waals surface area contributed by atoms with Crippen molar-refractivity contribution < 1.29 is 0 Å². The lowest BCUT2D eigenvalue weighted by Gasteiger charge is -2.54. The van der Waals surface area contributed by atoms with E-state index in [1.54, 1.807) is 12.8 Å². The smallest absolute Gasteiger partial charge is 0.0110 e. The predicted molar refractivity (Wildman–Crippen MR) is 40.8 cm³/mol. The van der Waals surface area contributed by atoms with Crippen LogP contribution in [-0.4, -0.2) is 24.0 Å². The molecule has 0 radical (unpaired) electrons. The van der Waals surface area contributed by atoms with Crippen molar-refractivity contribution >= 4 is 0 Å². The largest absolute Gasteiger partial charge is 0.300 e. The minimum absolute atomic E-state index is 1.03. The molecule has 0 amide bonds. The lowest BCUT2D eigenvalue weighted by molar-refractivity contribution is -0.0471. The molecule has 2 saturated heterocycles. The van der Waals surface area contributed by atoms with Gasteiger partial charge in [-0.1, -0.05) is 0 Å². The van der Waals surface area contributed by atoms with E-state index in [1.165, 1.54) is 25.9 Å². The third kappa shape index (κ3) is 0.572. The van der Waals surface area contributed by atoms with Gasteiger partial charge in [0.2, 0.25) is 0 Å². The van der Waals surface area contributed by atoms with E-state index < -0.39 is 0 Å². The van der Waals surface area contributed by atoms with Gasteiger partial charge in [-0.2, -0.15) is 0 Å². The molecule has 0 unspecified atom stereocenters. The van der Waals surface area contributed by atoms with Crippen LogP contribution in [0.5, 0.6) is 0 Å². The molecule has 3 fully saturated rings. The van der Waals surface area contributed by atoms with Crippen LogP contribution in [0, 0.1) is 11.8 Å². The molecular formula is C9H15N. The van der Waals surface area contributed by atoms with E-state index in [2.05, 4.69) is 4.90 Å². The first-order valence-electron chi connectivity index (χ1n) is 4.67. The van der Waals surface area contributed by atoms with Gasteiger partial charge in [0.15, 0.2) is 0 Å². The summed E-state index contributed by atoms with van der Waals surface area (Å²) in [5, 5.41) is 0. The highest BCUT2D eigenvalue weighted by atomic mass is 15.2. The summed E-state index contributed by atoms with van der Waals surface area (Å²) < 4.78 is 0. The maximum Gasteiger partial charge on any atom is 0.0110 e. The van der Waals surface area contributed by atoms with E-state index >= 15 is 0 Å². The van der Waals surface area contributed by atoms with Crippen LogP contribution < -0.4 is 0 Å². The van der Waals surface area contributed by atoms with Gasteiger partial charge in [-0.05, 0) is 44.1 Å². The van der Waals surface area contributed by atoms with Crippen molar-refractivity contribution in [1.29, 1.82) is 0 Å². The fraction of sp³-hybridized carbons (Fsp3) is 1.00. The van der Waals surface area contributed by atoms with Crippen LogP contribution in [0.2, 0.25) is 0 Å². The average molecular weight is 137 g/mol. The summed E-state index contributed by atoms with van der Waals surface area (Å²) in [5.41, 5.74) is 0. The van der Waals surface area contributed by atoms with E-state index in [1.807, 2.05) is 0 Å². The summed E-state index contributed by atoms with van der Waals surface area (Å²) in [6, 6.07) is 1.03. The quantitative estimate of drug-likeness (QED) is 0.489. The molecule has 3 rings (SSSR count). The predicted octanol–water partition coefficient (Wildman–Crippen LogP) is 1.49. The van der Waals surface area contributed by atoms with Gasteiger partial charge in [0.05, 0.1) is 0 Å². The minimum Gasteiger partial charge on any atom is -0.300 e. The molecule has 1 nitrogen and oxygen atoms in total. The highest BCUT2D eigenvalue weighted by molar-refractivity contribution is 4.97. The molecule has 1 heteroatoms. The summed E-state index contributed by atoms with van der Waals surface area (Å²) in [7, 11) is 0. The Hall–Kier alpha value is -0.0400. The molecule has 0 N–H and O–H groups in total. The fourth-order valence-corrected chi connectivity index (χ4v) is 2.84. The third-order valence-electron chi connectivity index (χ3n) is 3.88. The Morgan fingerprint density at radius 1 is 1.00 bits per heavy atom. The van der Waals surface area contributed by atoms with Crippen LogP contribution in [-0.2, 0) is 0 Å². The molecule has 3 atom stereocenters.